The fourth-order valence-electron chi connectivity index (χ4n) is 3.80. The SMILES string of the molecule is Cc1cc(C)cc(NC(=S)N[C@H]2C[C@@H]3CC[C@@H]2C3)c1. The molecule has 2 aliphatic carbocycles. The third kappa shape index (κ3) is 2.92. The summed E-state index contributed by atoms with van der Waals surface area (Å²) in [6.07, 6.45) is 5.53. The predicted octanol–water partition coefficient (Wildman–Crippen LogP) is 3.78. The second-order valence-corrected chi connectivity index (χ2v) is 6.66. The lowest BCUT2D eigenvalue weighted by Crippen LogP contribution is -2.40. The lowest BCUT2D eigenvalue weighted by molar-refractivity contribution is 0.392. The summed E-state index contributed by atoms with van der Waals surface area (Å²) in [4.78, 5) is 0. The minimum absolute atomic E-state index is 0.602. The van der Waals surface area contributed by atoms with Crippen molar-refractivity contribution in [2.24, 2.45) is 11.8 Å². The lowest BCUT2D eigenvalue weighted by atomic mass is 9.95. The van der Waals surface area contributed by atoms with Gasteiger partial charge in [-0.25, -0.2) is 0 Å². The molecule has 2 fully saturated rings. The van der Waals surface area contributed by atoms with Gasteiger partial charge >= 0.3 is 0 Å². The van der Waals surface area contributed by atoms with Gasteiger partial charge in [-0.3, -0.25) is 0 Å². The van der Waals surface area contributed by atoms with E-state index in [1.165, 1.54) is 36.8 Å². The van der Waals surface area contributed by atoms with E-state index in [1.807, 2.05) is 0 Å². The first-order chi connectivity index (χ1) is 9.10. The van der Waals surface area contributed by atoms with Crippen LogP contribution in [-0.2, 0) is 0 Å². The second-order valence-electron chi connectivity index (χ2n) is 6.26. The number of hydrogen-bond acceptors (Lipinski definition) is 1. The number of benzene rings is 1. The Hall–Kier alpha value is -1.09. The normalized spacial score (nSPS) is 28.4. The van der Waals surface area contributed by atoms with E-state index in [1.54, 1.807) is 0 Å². The number of fused-ring (bicyclic) bond motifs is 2. The molecule has 2 bridgehead atoms. The largest absolute Gasteiger partial charge is 0.359 e. The summed E-state index contributed by atoms with van der Waals surface area (Å²) in [5, 5.41) is 7.63. The molecule has 0 saturated heterocycles. The van der Waals surface area contributed by atoms with Crippen LogP contribution in [0.3, 0.4) is 0 Å². The van der Waals surface area contributed by atoms with Crippen LogP contribution in [0.5, 0.6) is 0 Å². The van der Waals surface area contributed by atoms with Gasteiger partial charge in [-0.1, -0.05) is 12.5 Å². The first-order valence-corrected chi connectivity index (χ1v) is 7.67. The van der Waals surface area contributed by atoms with Crippen LogP contribution in [0, 0.1) is 25.7 Å². The first kappa shape index (κ1) is 12.9. The van der Waals surface area contributed by atoms with Crippen LogP contribution in [0.15, 0.2) is 18.2 Å². The van der Waals surface area contributed by atoms with E-state index in [0.717, 1.165) is 22.6 Å². The van der Waals surface area contributed by atoms with Crippen molar-refractivity contribution in [1.82, 2.24) is 5.32 Å². The van der Waals surface area contributed by atoms with Crippen molar-refractivity contribution in [1.29, 1.82) is 0 Å². The summed E-state index contributed by atoms with van der Waals surface area (Å²) in [5.74, 6) is 1.80. The van der Waals surface area contributed by atoms with Gasteiger partial charge in [0.25, 0.3) is 0 Å². The quantitative estimate of drug-likeness (QED) is 0.803. The Kier molecular flexibility index (Phi) is 3.48. The van der Waals surface area contributed by atoms with E-state index in [-0.39, 0.29) is 0 Å². The minimum atomic E-state index is 0.602. The summed E-state index contributed by atoms with van der Waals surface area (Å²) in [6.45, 7) is 4.23. The van der Waals surface area contributed by atoms with Gasteiger partial charge in [0.1, 0.15) is 0 Å². The molecule has 0 radical (unpaired) electrons. The maximum absolute atomic E-state index is 5.45. The highest BCUT2D eigenvalue weighted by molar-refractivity contribution is 7.80. The van der Waals surface area contributed by atoms with E-state index >= 15 is 0 Å². The van der Waals surface area contributed by atoms with Crippen molar-refractivity contribution in [3.05, 3.63) is 29.3 Å². The fraction of sp³-hybridized carbons (Fsp3) is 0.562. The van der Waals surface area contributed by atoms with E-state index in [9.17, 15) is 0 Å². The summed E-state index contributed by atoms with van der Waals surface area (Å²) >= 11 is 5.45. The zero-order valence-electron chi connectivity index (χ0n) is 11.7. The highest BCUT2D eigenvalue weighted by Crippen LogP contribution is 2.44. The number of nitrogens with one attached hydrogen (secondary N) is 2. The summed E-state index contributed by atoms with van der Waals surface area (Å²) < 4.78 is 0. The van der Waals surface area contributed by atoms with Crippen molar-refractivity contribution in [3.63, 3.8) is 0 Å². The molecule has 2 nitrogen and oxygen atoms in total. The highest BCUT2D eigenvalue weighted by Gasteiger charge is 2.39. The molecule has 0 spiro atoms. The maximum Gasteiger partial charge on any atom is 0.171 e. The number of hydrogen-bond donors (Lipinski definition) is 2. The van der Waals surface area contributed by atoms with Crippen LogP contribution in [-0.4, -0.2) is 11.2 Å². The molecule has 0 amide bonds. The molecular weight excluding hydrogens is 252 g/mol. The van der Waals surface area contributed by atoms with Crippen LogP contribution in [0.2, 0.25) is 0 Å². The average molecular weight is 274 g/mol. The summed E-state index contributed by atoms with van der Waals surface area (Å²) in [7, 11) is 0. The van der Waals surface area contributed by atoms with Crippen molar-refractivity contribution >= 4 is 23.0 Å². The maximum atomic E-state index is 5.45. The molecule has 0 heterocycles. The van der Waals surface area contributed by atoms with Crippen LogP contribution in [0.4, 0.5) is 5.69 Å². The van der Waals surface area contributed by atoms with E-state index in [0.29, 0.717) is 6.04 Å². The van der Waals surface area contributed by atoms with E-state index < -0.39 is 0 Å². The Bertz CT molecular complexity index is 477. The molecule has 0 aromatic heterocycles. The minimum Gasteiger partial charge on any atom is -0.359 e. The predicted molar refractivity (Wildman–Crippen MR) is 84.5 cm³/mol. The molecule has 2 N–H and O–H groups in total. The molecular formula is C16H22N2S. The number of anilines is 1. The lowest BCUT2D eigenvalue weighted by Gasteiger charge is -2.24. The van der Waals surface area contributed by atoms with Gasteiger partial charge in [-0.2, -0.15) is 0 Å². The molecule has 3 rings (SSSR count). The van der Waals surface area contributed by atoms with Crippen LogP contribution in [0.1, 0.15) is 36.8 Å². The summed E-state index contributed by atoms with van der Waals surface area (Å²) in [6, 6.07) is 7.06. The first-order valence-electron chi connectivity index (χ1n) is 7.26. The highest BCUT2D eigenvalue weighted by atomic mass is 32.1. The molecule has 0 aliphatic heterocycles. The monoisotopic (exact) mass is 274 g/mol. The van der Waals surface area contributed by atoms with Gasteiger partial charge < -0.3 is 10.6 Å². The molecule has 102 valence electrons. The van der Waals surface area contributed by atoms with E-state index in [4.69, 9.17) is 12.2 Å². The Morgan fingerprint density at radius 1 is 1.11 bits per heavy atom. The van der Waals surface area contributed by atoms with Gasteiger partial charge in [0, 0.05) is 11.7 Å². The van der Waals surface area contributed by atoms with Crippen molar-refractivity contribution in [2.75, 3.05) is 5.32 Å². The second kappa shape index (κ2) is 5.12. The zero-order chi connectivity index (χ0) is 13.4. The van der Waals surface area contributed by atoms with Crippen LogP contribution < -0.4 is 10.6 Å². The van der Waals surface area contributed by atoms with Crippen molar-refractivity contribution in [2.45, 2.75) is 45.6 Å². The number of thiocarbonyl (C=S) groups is 1. The fourth-order valence-corrected chi connectivity index (χ4v) is 4.07. The Balaban J connectivity index is 1.59. The Morgan fingerprint density at radius 2 is 1.84 bits per heavy atom. The molecule has 1 aromatic rings. The van der Waals surface area contributed by atoms with Gasteiger partial charge in [0.15, 0.2) is 5.11 Å². The molecule has 19 heavy (non-hydrogen) atoms. The third-order valence-electron chi connectivity index (χ3n) is 4.53. The third-order valence-corrected chi connectivity index (χ3v) is 4.75. The van der Waals surface area contributed by atoms with E-state index in [2.05, 4.69) is 42.7 Å². The number of rotatable bonds is 2. The number of aryl methyl sites for hydroxylation is 2. The van der Waals surface area contributed by atoms with Crippen molar-refractivity contribution < 1.29 is 0 Å². The standard InChI is InChI=1S/C16H22N2S/c1-10-5-11(2)7-14(6-10)17-16(19)18-15-9-12-3-4-13(15)8-12/h5-7,12-13,15H,3-4,8-9H2,1-2H3,(H2,17,18,19)/t12-,13-,15+/m1/s1. The average Bonchev–Trinajstić information content (AvgIpc) is 2.88. The molecule has 0 unspecified atom stereocenters. The van der Waals surface area contributed by atoms with Gasteiger partial charge in [-0.05, 0) is 80.4 Å². The Labute approximate surface area is 121 Å². The van der Waals surface area contributed by atoms with Gasteiger partial charge in [-0.15, -0.1) is 0 Å². The smallest absolute Gasteiger partial charge is 0.171 e. The topological polar surface area (TPSA) is 24.1 Å². The zero-order valence-corrected chi connectivity index (χ0v) is 12.5. The molecule has 1 aromatic carbocycles. The molecule has 3 atom stereocenters. The molecule has 2 saturated carbocycles. The molecule has 3 heteroatoms. The van der Waals surface area contributed by atoms with Crippen LogP contribution >= 0.6 is 12.2 Å². The molecule has 2 aliphatic rings. The van der Waals surface area contributed by atoms with Crippen LogP contribution in [0.25, 0.3) is 0 Å². The van der Waals surface area contributed by atoms with Gasteiger partial charge in [0.05, 0.1) is 0 Å². The Morgan fingerprint density at radius 3 is 2.42 bits per heavy atom. The summed E-state index contributed by atoms with van der Waals surface area (Å²) in [5.41, 5.74) is 3.63. The van der Waals surface area contributed by atoms with Gasteiger partial charge in [0.2, 0.25) is 0 Å². The van der Waals surface area contributed by atoms with Crippen molar-refractivity contribution in [3.8, 4) is 0 Å².